The number of alkyl halides is 3. The van der Waals surface area contributed by atoms with Crippen molar-refractivity contribution in [1.82, 2.24) is 10.3 Å². The fourth-order valence-electron chi connectivity index (χ4n) is 4.63. The van der Waals surface area contributed by atoms with Crippen molar-refractivity contribution in [2.24, 2.45) is 5.41 Å². The molecule has 2 atom stereocenters. The fraction of sp³-hybridized carbons (Fsp3) is 0.379. The van der Waals surface area contributed by atoms with E-state index in [2.05, 4.69) is 10.3 Å². The molecule has 1 N–H and O–H groups in total. The topological polar surface area (TPSA) is 60.5 Å². The Balaban J connectivity index is 1.30. The molecule has 1 amide bonds. The number of nitrogens with zero attached hydrogens (tertiary/aromatic N) is 1. The molecule has 37 heavy (non-hydrogen) atoms. The van der Waals surface area contributed by atoms with Gasteiger partial charge in [-0.1, -0.05) is 48.5 Å². The Morgan fingerprint density at radius 1 is 1.03 bits per heavy atom. The normalized spacial score (nSPS) is 16.0. The highest BCUT2D eigenvalue weighted by Gasteiger charge is 2.67. The summed E-state index contributed by atoms with van der Waals surface area (Å²) in [5.74, 6) is -0.656. The summed E-state index contributed by atoms with van der Waals surface area (Å²) in [7, 11) is 1.55. The number of amides is 1. The van der Waals surface area contributed by atoms with E-state index in [1.54, 1.807) is 19.2 Å². The van der Waals surface area contributed by atoms with E-state index < -0.39 is 23.4 Å². The lowest BCUT2D eigenvalue weighted by molar-refractivity contribution is -0.194. The third-order valence-electron chi connectivity index (χ3n) is 6.99. The lowest BCUT2D eigenvalue weighted by atomic mass is 9.80. The number of pyridine rings is 1. The molecule has 1 saturated carbocycles. The summed E-state index contributed by atoms with van der Waals surface area (Å²) in [6.07, 6.45) is -1.43. The van der Waals surface area contributed by atoms with Gasteiger partial charge in [0.1, 0.15) is 12.4 Å². The van der Waals surface area contributed by atoms with Crippen LogP contribution >= 0.6 is 0 Å². The van der Waals surface area contributed by atoms with Gasteiger partial charge < -0.3 is 14.8 Å². The maximum absolute atomic E-state index is 13.9. The third-order valence-corrected chi connectivity index (χ3v) is 6.99. The van der Waals surface area contributed by atoms with Gasteiger partial charge in [0.25, 0.3) is 0 Å². The Labute approximate surface area is 215 Å². The van der Waals surface area contributed by atoms with E-state index in [0.29, 0.717) is 18.6 Å². The molecule has 8 heteroatoms. The van der Waals surface area contributed by atoms with E-state index in [1.165, 1.54) is 12.4 Å². The van der Waals surface area contributed by atoms with Crippen molar-refractivity contribution in [2.45, 2.75) is 50.5 Å². The SMILES string of the molecule is CO[C@H](CNC(=O)C[C@@H](c1cccnc1)C1(C(F)(F)F)CC1)Cc1ccc(OCc2ccccc2)cc1. The van der Waals surface area contributed by atoms with Gasteiger partial charge in [-0.25, -0.2) is 0 Å². The summed E-state index contributed by atoms with van der Waals surface area (Å²) in [6.45, 7) is 0.670. The second-order valence-corrected chi connectivity index (χ2v) is 9.48. The van der Waals surface area contributed by atoms with Crippen LogP contribution in [0.4, 0.5) is 13.2 Å². The number of aromatic nitrogens is 1. The van der Waals surface area contributed by atoms with Crippen LogP contribution in [0.3, 0.4) is 0 Å². The molecule has 0 radical (unpaired) electrons. The molecule has 4 rings (SSSR count). The smallest absolute Gasteiger partial charge is 0.395 e. The van der Waals surface area contributed by atoms with Gasteiger partial charge in [0, 0.05) is 44.8 Å². The van der Waals surface area contributed by atoms with E-state index >= 15 is 0 Å². The highest BCUT2D eigenvalue weighted by Crippen LogP contribution is 2.66. The van der Waals surface area contributed by atoms with Crippen molar-refractivity contribution in [2.75, 3.05) is 13.7 Å². The minimum absolute atomic E-state index is 0.0229. The second kappa shape index (κ2) is 11.8. The Morgan fingerprint density at radius 3 is 2.35 bits per heavy atom. The maximum atomic E-state index is 13.9. The van der Waals surface area contributed by atoms with Crippen LogP contribution in [0.15, 0.2) is 79.1 Å². The number of halogens is 3. The quantitative estimate of drug-likeness (QED) is 0.331. The minimum atomic E-state index is -4.38. The molecule has 0 spiro atoms. The van der Waals surface area contributed by atoms with E-state index in [1.807, 2.05) is 54.6 Å². The van der Waals surface area contributed by atoms with Crippen molar-refractivity contribution in [3.05, 3.63) is 95.8 Å². The van der Waals surface area contributed by atoms with Gasteiger partial charge in [-0.05, 0) is 47.7 Å². The van der Waals surface area contributed by atoms with Crippen molar-refractivity contribution in [3.8, 4) is 5.75 Å². The zero-order valence-electron chi connectivity index (χ0n) is 20.7. The van der Waals surface area contributed by atoms with E-state index in [9.17, 15) is 18.0 Å². The zero-order valence-corrected chi connectivity index (χ0v) is 20.7. The molecule has 1 aromatic heterocycles. The summed E-state index contributed by atoms with van der Waals surface area (Å²) in [5.41, 5.74) is 0.648. The standard InChI is InChI=1S/C29H31F3N2O3/c1-36-25(16-21-9-11-24(12-10-21)37-20-22-6-3-2-4-7-22)19-34-27(35)17-26(23-8-5-15-33-18-23)28(13-14-28)29(30,31)32/h2-12,15,18,25-26H,13-14,16-17,19-20H2,1H3,(H,34,35)/t25-,26-/m0/s1. The van der Waals surface area contributed by atoms with Crippen LogP contribution in [0.5, 0.6) is 5.75 Å². The van der Waals surface area contributed by atoms with Gasteiger partial charge in [-0.2, -0.15) is 13.2 Å². The summed E-state index contributed by atoms with van der Waals surface area (Å²) in [4.78, 5) is 16.7. The molecule has 0 aliphatic heterocycles. The average Bonchev–Trinajstić information content (AvgIpc) is 3.72. The molecular formula is C29H31F3N2O3. The minimum Gasteiger partial charge on any atom is -0.489 e. The molecule has 0 saturated heterocycles. The van der Waals surface area contributed by atoms with Crippen molar-refractivity contribution < 1.29 is 27.4 Å². The molecule has 196 valence electrons. The Hall–Kier alpha value is -3.39. The number of nitrogens with one attached hydrogen (secondary N) is 1. The highest BCUT2D eigenvalue weighted by molar-refractivity contribution is 5.77. The molecule has 2 aromatic carbocycles. The van der Waals surface area contributed by atoms with Crippen molar-refractivity contribution >= 4 is 5.91 Å². The van der Waals surface area contributed by atoms with Crippen LogP contribution in [0.1, 0.15) is 41.9 Å². The first kappa shape index (κ1) is 26.7. The predicted molar refractivity (Wildman–Crippen MR) is 134 cm³/mol. The Bertz CT molecular complexity index is 1130. The fourth-order valence-corrected chi connectivity index (χ4v) is 4.63. The number of ether oxygens (including phenoxy) is 2. The van der Waals surface area contributed by atoms with Crippen LogP contribution in [0.2, 0.25) is 0 Å². The van der Waals surface area contributed by atoms with Gasteiger partial charge in [-0.15, -0.1) is 0 Å². The van der Waals surface area contributed by atoms with Crippen LogP contribution in [-0.4, -0.2) is 36.8 Å². The molecule has 1 aliphatic carbocycles. The monoisotopic (exact) mass is 512 g/mol. The van der Waals surface area contributed by atoms with Gasteiger partial charge in [0.2, 0.25) is 5.91 Å². The van der Waals surface area contributed by atoms with Crippen LogP contribution in [0.25, 0.3) is 0 Å². The Morgan fingerprint density at radius 2 is 1.76 bits per heavy atom. The van der Waals surface area contributed by atoms with Gasteiger partial charge in [0.15, 0.2) is 0 Å². The molecule has 1 heterocycles. The number of carbonyl (C=O) groups is 1. The first-order valence-corrected chi connectivity index (χ1v) is 12.3. The average molecular weight is 513 g/mol. The lowest BCUT2D eigenvalue weighted by Gasteiger charge is -2.29. The first-order chi connectivity index (χ1) is 17.8. The van der Waals surface area contributed by atoms with Gasteiger partial charge in [0.05, 0.1) is 11.5 Å². The van der Waals surface area contributed by atoms with Gasteiger partial charge >= 0.3 is 6.18 Å². The number of methoxy groups -OCH3 is 1. The van der Waals surface area contributed by atoms with Gasteiger partial charge in [-0.3, -0.25) is 9.78 Å². The number of benzene rings is 2. The number of hydrogen-bond acceptors (Lipinski definition) is 4. The Kier molecular flexibility index (Phi) is 8.48. The second-order valence-electron chi connectivity index (χ2n) is 9.48. The zero-order chi connectivity index (χ0) is 26.3. The van der Waals surface area contributed by atoms with Crippen LogP contribution < -0.4 is 10.1 Å². The summed E-state index contributed by atoms with van der Waals surface area (Å²) < 4.78 is 53.0. The summed E-state index contributed by atoms with van der Waals surface area (Å²) in [5, 5.41) is 2.78. The van der Waals surface area contributed by atoms with Crippen molar-refractivity contribution in [3.63, 3.8) is 0 Å². The molecule has 0 unspecified atom stereocenters. The predicted octanol–water partition coefficient (Wildman–Crippen LogP) is 5.85. The largest absolute Gasteiger partial charge is 0.489 e. The lowest BCUT2D eigenvalue weighted by Crippen LogP contribution is -2.38. The van der Waals surface area contributed by atoms with Crippen molar-refractivity contribution in [1.29, 1.82) is 0 Å². The molecule has 1 fully saturated rings. The highest BCUT2D eigenvalue weighted by atomic mass is 19.4. The van der Waals surface area contributed by atoms with Crippen LogP contribution in [-0.2, 0) is 22.6 Å². The number of rotatable bonds is 12. The maximum Gasteiger partial charge on any atom is 0.395 e. The molecule has 1 aliphatic rings. The van der Waals surface area contributed by atoms with Crippen LogP contribution in [0, 0.1) is 5.41 Å². The molecule has 3 aromatic rings. The number of carbonyl (C=O) groups excluding carboxylic acids is 1. The number of hydrogen-bond donors (Lipinski definition) is 1. The first-order valence-electron chi connectivity index (χ1n) is 12.3. The molecular weight excluding hydrogens is 481 g/mol. The summed E-state index contributed by atoms with van der Waals surface area (Å²) >= 11 is 0. The van der Waals surface area contributed by atoms with E-state index in [0.717, 1.165) is 16.9 Å². The van der Waals surface area contributed by atoms with E-state index in [-0.39, 0.29) is 31.9 Å². The molecule has 5 nitrogen and oxygen atoms in total. The third kappa shape index (κ3) is 6.89. The molecule has 0 bridgehead atoms. The summed E-state index contributed by atoms with van der Waals surface area (Å²) in [6, 6.07) is 20.7. The van der Waals surface area contributed by atoms with E-state index in [4.69, 9.17) is 9.47 Å².